The standard InChI is InChI=1S/C18H21N3O/c19-17-7-6-15-9-11-21(13-16(15)12-17)18(22)20-10-8-14-4-2-1-3-5-14/h1-7,12H,8-11,13,19H2,(H,20,22). The largest absolute Gasteiger partial charge is 0.399 e. The van der Waals surface area contributed by atoms with E-state index in [2.05, 4.69) is 23.5 Å². The van der Waals surface area contributed by atoms with Crippen molar-refractivity contribution in [1.29, 1.82) is 0 Å². The van der Waals surface area contributed by atoms with Crippen molar-refractivity contribution in [2.75, 3.05) is 18.8 Å². The highest BCUT2D eigenvalue weighted by Crippen LogP contribution is 2.21. The first kappa shape index (κ1) is 14.4. The number of nitrogens with two attached hydrogens (primary N) is 1. The monoisotopic (exact) mass is 295 g/mol. The van der Waals surface area contributed by atoms with E-state index >= 15 is 0 Å². The van der Waals surface area contributed by atoms with E-state index in [0.29, 0.717) is 13.1 Å². The van der Waals surface area contributed by atoms with Crippen LogP contribution in [0.4, 0.5) is 10.5 Å². The minimum absolute atomic E-state index is 0.00371. The maximum atomic E-state index is 12.3. The first-order valence-corrected chi connectivity index (χ1v) is 7.66. The molecule has 0 aromatic heterocycles. The fourth-order valence-electron chi connectivity index (χ4n) is 2.82. The number of urea groups is 1. The first-order chi connectivity index (χ1) is 10.7. The normalized spacial score (nSPS) is 13.5. The quantitative estimate of drug-likeness (QED) is 0.855. The van der Waals surface area contributed by atoms with Gasteiger partial charge in [-0.2, -0.15) is 0 Å². The molecule has 2 amide bonds. The van der Waals surface area contributed by atoms with Crippen LogP contribution < -0.4 is 11.1 Å². The Balaban J connectivity index is 1.53. The third-order valence-corrected chi connectivity index (χ3v) is 4.06. The molecular formula is C18H21N3O. The van der Waals surface area contributed by atoms with Gasteiger partial charge >= 0.3 is 6.03 Å². The molecule has 22 heavy (non-hydrogen) atoms. The zero-order valence-corrected chi connectivity index (χ0v) is 12.6. The highest BCUT2D eigenvalue weighted by molar-refractivity contribution is 5.74. The summed E-state index contributed by atoms with van der Waals surface area (Å²) in [5.41, 5.74) is 10.3. The van der Waals surface area contributed by atoms with E-state index < -0.39 is 0 Å². The van der Waals surface area contributed by atoms with Gasteiger partial charge in [-0.3, -0.25) is 0 Å². The third-order valence-electron chi connectivity index (χ3n) is 4.06. The molecule has 0 atom stereocenters. The van der Waals surface area contributed by atoms with Crippen LogP contribution in [0.1, 0.15) is 16.7 Å². The predicted octanol–water partition coefficient (Wildman–Crippen LogP) is 2.58. The molecule has 0 bridgehead atoms. The van der Waals surface area contributed by atoms with Crippen LogP contribution in [-0.2, 0) is 19.4 Å². The highest BCUT2D eigenvalue weighted by Gasteiger charge is 2.20. The number of carbonyl (C=O) groups excluding carboxylic acids is 1. The third kappa shape index (κ3) is 3.39. The van der Waals surface area contributed by atoms with Crippen LogP contribution in [0.5, 0.6) is 0 Å². The lowest BCUT2D eigenvalue weighted by molar-refractivity contribution is 0.192. The molecule has 1 aliphatic heterocycles. The van der Waals surface area contributed by atoms with Crippen LogP contribution in [0.15, 0.2) is 48.5 Å². The van der Waals surface area contributed by atoms with Gasteiger partial charge < -0.3 is 16.0 Å². The SMILES string of the molecule is Nc1ccc2c(c1)CN(C(=O)NCCc1ccccc1)CC2. The van der Waals surface area contributed by atoms with Crippen LogP contribution in [0.2, 0.25) is 0 Å². The number of rotatable bonds is 3. The number of amides is 2. The van der Waals surface area contributed by atoms with Crippen LogP contribution >= 0.6 is 0 Å². The molecule has 4 nitrogen and oxygen atoms in total. The Morgan fingerprint density at radius 3 is 2.77 bits per heavy atom. The van der Waals surface area contributed by atoms with Crippen molar-refractivity contribution in [2.45, 2.75) is 19.4 Å². The summed E-state index contributed by atoms with van der Waals surface area (Å²) in [6.07, 6.45) is 1.74. The van der Waals surface area contributed by atoms with Gasteiger partial charge in [-0.05, 0) is 41.7 Å². The Bertz CT molecular complexity index is 655. The number of hydrogen-bond acceptors (Lipinski definition) is 2. The van der Waals surface area contributed by atoms with Gasteiger partial charge in [-0.1, -0.05) is 36.4 Å². The average molecular weight is 295 g/mol. The van der Waals surface area contributed by atoms with E-state index in [1.807, 2.05) is 35.2 Å². The molecule has 3 N–H and O–H groups in total. The van der Waals surface area contributed by atoms with E-state index in [4.69, 9.17) is 5.73 Å². The van der Waals surface area contributed by atoms with E-state index in [0.717, 1.165) is 30.6 Å². The van der Waals surface area contributed by atoms with E-state index in [1.54, 1.807) is 0 Å². The van der Waals surface area contributed by atoms with Crippen molar-refractivity contribution in [3.8, 4) is 0 Å². The Kier molecular flexibility index (Phi) is 4.28. The zero-order valence-electron chi connectivity index (χ0n) is 12.6. The molecule has 1 aliphatic rings. The maximum Gasteiger partial charge on any atom is 0.317 e. The highest BCUT2D eigenvalue weighted by atomic mass is 16.2. The second-order valence-electron chi connectivity index (χ2n) is 5.67. The van der Waals surface area contributed by atoms with Gasteiger partial charge in [0.1, 0.15) is 0 Å². The van der Waals surface area contributed by atoms with Crippen molar-refractivity contribution in [1.82, 2.24) is 10.2 Å². The Morgan fingerprint density at radius 1 is 1.14 bits per heavy atom. The van der Waals surface area contributed by atoms with Crippen LogP contribution in [0.3, 0.4) is 0 Å². The summed E-state index contributed by atoms with van der Waals surface area (Å²) >= 11 is 0. The second kappa shape index (κ2) is 6.52. The number of nitrogen functional groups attached to an aromatic ring is 1. The second-order valence-corrected chi connectivity index (χ2v) is 5.67. The Morgan fingerprint density at radius 2 is 1.95 bits per heavy atom. The molecule has 0 radical (unpaired) electrons. The molecule has 114 valence electrons. The first-order valence-electron chi connectivity index (χ1n) is 7.66. The van der Waals surface area contributed by atoms with Gasteiger partial charge in [0, 0.05) is 25.3 Å². The van der Waals surface area contributed by atoms with Gasteiger partial charge in [0.25, 0.3) is 0 Å². The molecule has 0 aliphatic carbocycles. The van der Waals surface area contributed by atoms with Crippen LogP contribution in [0, 0.1) is 0 Å². The lowest BCUT2D eigenvalue weighted by Crippen LogP contribution is -2.43. The van der Waals surface area contributed by atoms with Gasteiger partial charge in [0.15, 0.2) is 0 Å². The molecule has 1 heterocycles. The van der Waals surface area contributed by atoms with Crippen molar-refractivity contribution >= 4 is 11.7 Å². The number of nitrogens with one attached hydrogen (secondary N) is 1. The number of anilines is 1. The molecular weight excluding hydrogens is 274 g/mol. The summed E-state index contributed by atoms with van der Waals surface area (Å²) in [6.45, 7) is 2.05. The molecule has 3 rings (SSSR count). The Hall–Kier alpha value is -2.49. The minimum Gasteiger partial charge on any atom is -0.399 e. The summed E-state index contributed by atoms with van der Waals surface area (Å²) in [4.78, 5) is 14.1. The minimum atomic E-state index is 0.00371. The van der Waals surface area contributed by atoms with Crippen molar-refractivity contribution < 1.29 is 4.79 Å². The van der Waals surface area contributed by atoms with Crippen molar-refractivity contribution in [2.24, 2.45) is 0 Å². The zero-order chi connectivity index (χ0) is 15.4. The lowest BCUT2D eigenvalue weighted by atomic mass is 9.99. The van der Waals surface area contributed by atoms with E-state index in [9.17, 15) is 4.79 Å². The smallest absolute Gasteiger partial charge is 0.317 e. The van der Waals surface area contributed by atoms with E-state index in [-0.39, 0.29) is 6.03 Å². The number of hydrogen-bond donors (Lipinski definition) is 2. The summed E-state index contributed by atoms with van der Waals surface area (Å²) in [5.74, 6) is 0. The van der Waals surface area contributed by atoms with E-state index in [1.165, 1.54) is 11.1 Å². The number of benzene rings is 2. The van der Waals surface area contributed by atoms with Gasteiger partial charge in [-0.25, -0.2) is 4.79 Å². The number of nitrogens with zero attached hydrogens (tertiary/aromatic N) is 1. The van der Waals surface area contributed by atoms with Crippen molar-refractivity contribution in [3.63, 3.8) is 0 Å². The number of fused-ring (bicyclic) bond motifs is 1. The molecule has 0 unspecified atom stereocenters. The summed E-state index contributed by atoms with van der Waals surface area (Å²) < 4.78 is 0. The fourth-order valence-corrected chi connectivity index (χ4v) is 2.82. The maximum absolute atomic E-state index is 12.3. The molecule has 0 fully saturated rings. The number of carbonyl (C=O) groups is 1. The molecule has 0 spiro atoms. The lowest BCUT2D eigenvalue weighted by Gasteiger charge is -2.29. The molecule has 4 heteroatoms. The summed E-state index contributed by atoms with van der Waals surface area (Å²) in [6, 6.07) is 16.1. The van der Waals surface area contributed by atoms with Crippen LogP contribution in [0.25, 0.3) is 0 Å². The van der Waals surface area contributed by atoms with Gasteiger partial charge in [0.2, 0.25) is 0 Å². The summed E-state index contributed by atoms with van der Waals surface area (Å²) in [7, 11) is 0. The van der Waals surface area contributed by atoms with Crippen LogP contribution in [-0.4, -0.2) is 24.0 Å². The van der Waals surface area contributed by atoms with Crippen molar-refractivity contribution in [3.05, 3.63) is 65.2 Å². The predicted molar refractivity (Wildman–Crippen MR) is 88.5 cm³/mol. The van der Waals surface area contributed by atoms with Gasteiger partial charge in [-0.15, -0.1) is 0 Å². The molecule has 2 aromatic carbocycles. The topological polar surface area (TPSA) is 58.4 Å². The molecule has 0 saturated heterocycles. The Labute approximate surface area is 130 Å². The average Bonchev–Trinajstić information content (AvgIpc) is 2.55. The summed E-state index contributed by atoms with van der Waals surface area (Å²) in [5, 5.41) is 3.00. The fraction of sp³-hybridized carbons (Fsp3) is 0.278. The molecule has 0 saturated carbocycles. The molecule has 2 aromatic rings. The van der Waals surface area contributed by atoms with Gasteiger partial charge in [0.05, 0.1) is 0 Å².